The van der Waals surface area contributed by atoms with Crippen LogP contribution < -0.4 is 5.73 Å². The fourth-order valence-electron chi connectivity index (χ4n) is 3.04. The van der Waals surface area contributed by atoms with Gasteiger partial charge in [0.05, 0.1) is 16.3 Å². The molecule has 0 saturated heterocycles. The number of nitrogens with two attached hydrogens (primary N) is 1. The first-order valence-electron chi connectivity index (χ1n) is 7.61. The maximum atomic E-state index is 12.7. The molecule has 114 valence electrons. The molecule has 1 fully saturated rings. The van der Waals surface area contributed by atoms with E-state index in [-0.39, 0.29) is 5.91 Å². The van der Waals surface area contributed by atoms with Crippen LogP contribution in [0.15, 0.2) is 6.07 Å². The van der Waals surface area contributed by atoms with Crippen molar-refractivity contribution in [1.82, 2.24) is 4.90 Å². The molecular formula is C17H24N2OS. The summed E-state index contributed by atoms with van der Waals surface area (Å²) >= 11 is 1.48. The lowest BCUT2D eigenvalue weighted by Gasteiger charge is -2.36. The molecule has 0 bridgehead atoms. The molecule has 1 aromatic heterocycles. The molecule has 21 heavy (non-hydrogen) atoms. The number of hydrogen-bond acceptors (Lipinski definition) is 3. The third-order valence-electron chi connectivity index (χ3n) is 4.32. The fraction of sp³-hybridized carbons (Fsp3) is 0.588. The molecule has 0 aromatic carbocycles. The Bertz CT molecular complexity index is 567. The lowest BCUT2D eigenvalue weighted by atomic mass is 9.85. The Morgan fingerprint density at radius 1 is 1.48 bits per heavy atom. The lowest BCUT2D eigenvalue weighted by Crippen LogP contribution is -2.42. The SMILES string of the molecule is Cc1cc(C(=O)N(C)C2CCCCC2C)sc1C#CCN. The molecule has 0 spiro atoms. The van der Waals surface area contributed by atoms with Crippen LogP contribution in [0, 0.1) is 24.7 Å². The van der Waals surface area contributed by atoms with Gasteiger partial charge in [0.15, 0.2) is 0 Å². The van der Waals surface area contributed by atoms with E-state index in [0.717, 1.165) is 21.7 Å². The van der Waals surface area contributed by atoms with E-state index in [1.165, 1.54) is 30.6 Å². The van der Waals surface area contributed by atoms with Crippen molar-refractivity contribution in [2.45, 2.75) is 45.6 Å². The Kier molecular flexibility index (Phi) is 5.44. The number of aryl methyl sites for hydroxylation is 1. The Labute approximate surface area is 131 Å². The highest BCUT2D eigenvalue weighted by Gasteiger charge is 2.29. The van der Waals surface area contributed by atoms with E-state index >= 15 is 0 Å². The minimum absolute atomic E-state index is 0.127. The zero-order valence-corrected chi connectivity index (χ0v) is 13.9. The molecule has 2 atom stereocenters. The van der Waals surface area contributed by atoms with E-state index in [0.29, 0.717) is 18.5 Å². The Morgan fingerprint density at radius 2 is 2.19 bits per heavy atom. The summed E-state index contributed by atoms with van der Waals surface area (Å²) in [6.45, 7) is 4.60. The van der Waals surface area contributed by atoms with Crippen LogP contribution in [0.3, 0.4) is 0 Å². The van der Waals surface area contributed by atoms with Crippen molar-refractivity contribution in [3.8, 4) is 11.8 Å². The monoisotopic (exact) mass is 304 g/mol. The zero-order chi connectivity index (χ0) is 15.4. The highest BCUT2D eigenvalue weighted by Crippen LogP contribution is 2.30. The van der Waals surface area contributed by atoms with E-state index in [1.807, 2.05) is 24.9 Å². The van der Waals surface area contributed by atoms with Gasteiger partial charge in [0, 0.05) is 13.1 Å². The van der Waals surface area contributed by atoms with Gasteiger partial charge in [-0.15, -0.1) is 11.3 Å². The van der Waals surface area contributed by atoms with Gasteiger partial charge in [-0.2, -0.15) is 0 Å². The van der Waals surface area contributed by atoms with Gasteiger partial charge in [0.2, 0.25) is 0 Å². The average molecular weight is 304 g/mol. The van der Waals surface area contributed by atoms with Gasteiger partial charge in [-0.1, -0.05) is 31.6 Å². The van der Waals surface area contributed by atoms with Gasteiger partial charge in [-0.05, 0) is 37.3 Å². The third-order valence-corrected chi connectivity index (χ3v) is 5.46. The maximum absolute atomic E-state index is 12.7. The molecule has 1 aliphatic carbocycles. The molecule has 2 rings (SSSR count). The summed E-state index contributed by atoms with van der Waals surface area (Å²) in [6.07, 6.45) is 4.85. The summed E-state index contributed by atoms with van der Waals surface area (Å²) in [5, 5.41) is 0. The van der Waals surface area contributed by atoms with Crippen LogP contribution in [0.1, 0.15) is 52.7 Å². The maximum Gasteiger partial charge on any atom is 0.263 e. The molecule has 1 heterocycles. The summed E-state index contributed by atoms with van der Waals surface area (Å²) in [4.78, 5) is 16.4. The number of carbonyl (C=O) groups excluding carboxylic acids is 1. The quantitative estimate of drug-likeness (QED) is 0.854. The van der Waals surface area contributed by atoms with Crippen LogP contribution in [0.5, 0.6) is 0 Å². The third kappa shape index (κ3) is 3.66. The highest BCUT2D eigenvalue weighted by atomic mass is 32.1. The first kappa shape index (κ1) is 16.1. The van der Waals surface area contributed by atoms with Crippen molar-refractivity contribution < 1.29 is 4.79 Å². The van der Waals surface area contributed by atoms with Gasteiger partial charge in [-0.25, -0.2) is 0 Å². The van der Waals surface area contributed by atoms with Crippen LogP contribution in [0.25, 0.3) is 0 Å². The molecule has 2 unspecified atom stereocenters. The normalized spacial score (nSPS) is 21.5. The molecular weight excluding hydrogens is 280 g/mol. The van der Waals surface area contributed by atoms with Crippen LogP contribution >= 0.6 is 11.3 Å². The van der Waals surface area contributed by atoms with Crippen molar-refractivity contribution in [2.75, 3.05) is 13.6 Å². The van der Waals surface area contributed by atoms with Gasteiger partial charge in [-0.3, -0.25) is 4.79 Å². The van der Waals surface area contributed by atoms with Crippen LogP contribution in [-0.4, -0.2) is 30.4 Å². The van der Waals surface area contributed by atoms with Crippen molar-refractivity contribution in [1.29, 1.82) is 0 Å². The van der Waals surface area contributed by atoms with Crippen molar-refractivity contribution in [2.24, 2.45) is 11.7 Å². The summed E-state index contributed by atoms with van der Waals surface area (Å²) in [7, 11) is 1.94. The summed E-state index contributed by atoms with van der Waals surface area (Å²) in [6, 6.07) is 2.32. The number of nitrogens with zero attached hydrogens (tertiary/aromatic N) is 1. The fourth-order valence-corrected chi connectivity index (χ4v) is 4.07. The second-order valence-electron chi connectivity index (χ2n) is 5.87. The molecule has 1 amide bonds. The van der Waals surface area contributed by atoms with Crippen LogP contribution in [0.4, 0.5) is 0 Å². The zero-order valence-electron chi connectivity index (χ0n) is 13.1. The predicted molar refractivity (Wildman–Crippen MR) is 88.5 cm³/mol. The molecule has 1 saturated carbocycles. The topological polar surface area (TPSA) is 46.3 Å². The Morgan fingerprint density at radius 3 is 2.86 bits per heavy atom. The molecule has 0 radical (unpaired) electrons. The van der Waals surface area contributed by atoms with E-state index < -0.39 is 0 Å². The van der Waals surface area contributed by atoms with Gasteiger partial charge in [0.25, 0.3) is 5.91 Å². The van der Waals surface area contributed by atoms with Gasteiger partial charge < -0.3 is 10.6 Å². The summed E-state index contributed by atoms with van der Waals surface area (Å²) in [5.74, 6) is 6.62. The standard InChI is InChI=1S/C17H24N2OS/c1-12-7-4-5-8-14(12)19(3)17(20)16-11-13(2)15(21-16)9-6-10-18/h11-12,14H,4-5,7-8,10,18H2,1-3H3. The minimum Gasteiger partial charge on any atom is -0.338 e. The number of thiophene rings is 1. The molecule has 3 nitrogen and oxygen atoms in total. The van der Waals surface area contributed by atoms with E-state index in [2.05, 4.69) is 18.8 Å². The largest absolute Gasteiger partial charge is 0.338 e. The molecule has 0 aliphatic heterocycles. The van der Waals surface area contributed by atoms with E-state index in [1.54, 1.807) is 0 Å². The second kappa shape index (κ2) is 7.11. The molecule has 4 heteroatoms. The first-order chi connectivity index (χ1) is 10.0. The summed E-state index contributed by atoms with van der Waals surface area (Å²) in [5.41, 5.74) is 6.47. The van der Waals surface area contributed by atoms with E-state index in [4.69, 9.17) is 5.73 Å². The van der Waals surface area contributed by atoms with Crippen LogP contribution in [-0.2, 0) is 0 Å². The van der Waals surface area contributed by atoms with Gasteiger partial charge in [0.1, 0.15) is 0 Å². The number of rotatable bonds is 2. The van der Waals surface area contributed by atoms with Crippen molar-refractivity contribution in [3.63, 3.8) is 0 Å². The molecule has 1 aliphatic rings. The minimum atomic E-state index is 0.127. The number of amides is 1. The summed E-state index contributed by atoms with van der Waals surface area (Å²) < 4.78 is 0. The molecule has 2 N–H and O–H groups in total. The Balaban J connectivity index is 2.15. The molecule has 1 aromatic rings. The Hall–Kier alpha value is -1.31. The lowest BCUT2D eigenvalue weighted by molar-refractivity contribution is 0.0634. The van der Waals surface area contributed by atoms with Gasteiger partial charge >= 0.3 is 0 Å². The first-order valence-corrected chi connectivity index (χ1v) is 8.42. The number of hydrogen-bond donors (Lipinski definition) is 1. The van der Waals surface area contributed by atoms with E-state index in [9.17, 15) is 4.79 Å². The van der Waals surface area contributed by atoms with Crippen molar-refractivity contribution >= 4 is 17.2 Å². The average Bonchev–Trinajstić information content (AvgIpc) is 2.85. The second-order valence-corrected chi connectivity index (χ2v) is 6.93. The van der Waals surface area contributed by atoms with Crippen LogP contribution in [0.2, 0.25) is 0 Å². The smallest absolute Gasteiger partial charge is 0.263 e. The van der Waals surface area contributed by atoms with Crippen molar-refractivity contribution in [3.05, 3.63) is 21.4 Å². The number of carbonyl (C=O) groups is 1. The predicted octanol–water partition coefficient (Wildman–Crippen LogP) is 3.02. The highest BCUT2D eigenvalue weighted by molar-refractivity contribution is 7.14.